The number of amides is 2. The lowest BCUT2D eigenvalue weighted by Gasteiger charge is -2.17. The maximum Gasteiger partial charge on any atom is 0.407 e. The second-order valence-corrected chi connectivity index (χ2v) is 6.12. The normalized spacial score (nSPS) is 16.1. The summed E-state index contributed by atoms with van der Waals surface area (Å²) in [5.41, 5.74) is 1.75. The highest BCUT2D eigenvalue weighted by Crippen LogP contribution is 2.26. The molecular formula is C20H22N2O5. The van der Waals surface area contributed by atoms with Crippen molar-refractivity contribution in [2.45, 2.75) is 19.1 Å². The Morgan fingerprint density at radius 2 is 1.96 bits per heavy atom. The molecule has 1 fully saturated rings. The summed E-state index contributed by atoms with van der Waals surface area (Å²) in [4.78, 5) is 25.1. The van der Waals surface area contributed by atoms with Gasteiger partial charge >= 0.3 is 6.09 Å². The zero-order valence-corrected chi connectivity index (χ0v) is 15.3. The topological polar surface area (TPSA) is 77.1 Å². The standard InChI is InChI=1S/C20H22N2O5/c1-21-20(24)27-18-11-19(23)22(12-18)15-6-8-16(9-7-15)26-13-14-4-3-5-17(10-14)25-2/h3-10,18H,11-13H2,1-2H3,(H,21,24). The number of alkyl carbamates (subject to hydrolysis) is 1. The fraction of sp³-hybridized carbons (Fsp3) is 0.300. The van der Waals surface area contributed by atoms with Gasteiger partial charge in [-0.15, -0.1) is 0 Å². The second-order valence-electron chi connectivity index (χ2n) is 6.12. The summed E-state index contributed by atoms with van der Waals surface area (Å²) in [6.07, 6.45) is -0.793. The summed E-state index contributed by atoms with van der Waals surface area (Å²) < 4.78 is 16.2. The zero-order chi connectivity index (χ0) is 19.2. The van der Waals surface area contributed by atoms with Crippen LogP contribution in [0.25, 0.3) is 0 Å². The molecule has 0 spiro atoms. The van der Waals surface area contributed by atoms with Crippen LogP contribution in [0.3, 0.4) is 0 Å². The molecule has 2 amide bonds. The average molecular weight is 370 g/mol. The van der Waals surface area contributed by atoms with Gasteiger partial charge in [0, 0.05) is 12.7 Å². The van der Waals surface area contributed by atoms with E-state index in [-0.39, 0.29) is 12.3 Å². The van der Waals surface area contributed by atoms with E-state index in [2.05, 4.69) is 5.32 Å². The third kappa shape index (κ3) is 4.69. The van der Waals surface area contributed by atoms with E-state index in [0.29, 0.717) is 18.9 Å². The molecule has 27 heavy (non-hydrogen) atoms. The summed E-state index contributed by atoms with van der Waals surface area (Å²) >= 11 is 0. The van der Waals surface area contributed by atoms with Gasteiger partial charge in [0.25, 0.3) is 0 Å². The van der Waals surface area contributed by atoms with Crippen molar-refractivity contribution in [3.63, 3.8) is 0 Å². The van der Waals surface area contributed by atoms with E-state index in [9.17, 15) is 9.59 Å². The van der Waals surface area contributed by atoms with Crippen LogP contribution in [0.1, 0.15) is 12.0 Å². The number of nitrogens with zero attached hydrogens (tertiary/aromatic N) is 1. The molecule has 1 atom stereocenters. The third-order valence-corrected chi connectivity index (χ3v) is 4.26. The monoisotopic (exact) mass is 370 g/mol. The molecule has 1 saturated heterocycles. The van der Waals surface area contributed by atoms with E-state index < -0.39 is 12.2 Å². The molecule has 1 N–H and O–H groups in total. The molecule has 2 aromatic rings. The Labute approximate surface area is 157 Å². The fourth-order valence-corrected chi connectivity index (χ4v) is 2.86. The minimum absolute atomic E-state index is 0.0750. The number of carbonyl (C=O) groups is 2. The fourth-order valence-electron chi connectivity index (χ4n) is 2.86. The maximum atomic E-state index is 12.2. The molecule has 1 aliphatic heterocycles. The number of hydrogen-bond donors (Lipinski definition) is 1. The highest BCUT2D eigenvalue weighted by atomic mass is 16.6. The Kier molecular flexibility index (Phi) is 5.80. The van der Waals surface area contributed by atoms with Crippen molar-refractivity contribution in [3.05, 3.63) is 54.1 Å². The molecule has 1 unspecified atom stereocenters. The van der Waals surface area contributed by atoms with Gasteiger partial charge in [-0.05, 0) is 42.0 Å². The van der Waals surface area contributed by atoms with E-state index in [1.54, 1.807) is 12.0 Å². The van der Waals surface area contributed by atoms with Crippen molar-refractivity contribution in [2.75, 3.05) is 25.6 Å². The van der Waals surface area contributed by atoms with Crippen molar-refractivity contribution in [2.24, 2.45) is 0 Å². The van der Waals surface area contributed by atoms with Crippen molar-refractivity contribution >= 4 is 17.7 Å². The summed E-state index contributed by atoms with van der Waals surface area (Å²) in [5, 5.41) is 2.39. The van der Waals surface area contributed by atoms with Crippen LogP contribution in [-0.4, -0.2) is 38.8 Å². The third-order valence-electron chi connectivity index (χ3n) is 4.26. The molecule has 1 aliphatic rings. The number of ether oxygens (including phenoxy) is 3. The quantitative estimate of drug-likeness (QED) is 0.846. The lowest BCUT2D eigenvalue weighted by Crippen LogP contribution is -2.29. The van der Waals surface area contributed by atoms with E-state index >= 15 is 0 Å². The number of nitrogens with one attached hydrogen (secondary N) is 1. The number of carbonyl (C=O) groups excluding carboxylic acids is 2. The zero-order valence-electron chi connectivity index (χ0n) is 15.3. The highest BCUT2D eigenvalue weighted by molar-refractivity contribution is 5.96. The van der Waals surface area contributed by atoms with E-state index in [4.69, 9.17) is 14.2 Å². The Morgan fingerprint density at radius 1 is 1.19 bits per heavy atom. The molecular weight excluding hydrogens is 348 g/mol. The minimum atomic E-state index is -0.532. The minimum Gasteiger partial charge on any atom is -0.497 e. The summed E-state index contributed by atoms with van der Waals surface area (Å²) in [6.45, 7) is 0.761. The van der Waals surface area contributed by atoms with Gasteiger partial charge in [0.2, 0.25) is 5.91 Å². The molecule has 0 aliphatic carbocycles. The number of anilines is 1. The molecule has 7 heteroatoms. The number of hydrogen-bond acceptors (Lipinski definition) is 5. The summed E-state index contributed by atoms with van der Waals surface area (Å²) in [6, 6.07) is 15.0. The van der Waals surface area contributed by atoms with Crippen molar-refractivity contribution < 1.29 is 23.8 Å². The van der Waals surface area contributed by atoms with E-state index in [1.807, 2.05) is 48.5 Å². The largest absolute Gasteiger partial charge is 0.497 e. The van der Waals surface area contributed by atoms with Crippen molar-refractivity contribution in [1.82, 2.24) is 5.32 Å². The smallest absolute Gasteiger partial charge is 0.407 e. The Hall–Kier alpha value is -3.22. The maximum absolute atomic E-state index is 12.2. The Morgan fingerprint density at radius 3 is 2.67 bits per heavy atom. The lowest BCUT2D eigenvalue weighted by atomic mass is 10.2. The predicted octanol–water partition coefficient (Wildman–Crippen LogP) is 2.74. The summed E-state index contributed by atoms with van der Waals surface area (Å²) in [5.74, 6) is 1.41. The van der Waals surface area contributed by atoms with Gasteiger partial charge in [0.1, 0.15) is 24.2 Å². The molecule has 142 valence electrons. The van der Waals surface area contributed by atoms with Crippen LogP contribution in [0.15, 0.2) is 48.5 Å². The first-order chi connectivity index (χ1) is 13.1. The van der Waals surface area contributed by atoms with Crippen molar-refractivity contribution in [1.29, 1.82) is 0 Å². The first-order valence-corrected chi connectivity index (χ1v) is 8.63. The Balaban J connectivity index is 1.58. The van der Waals surface area contributed by atoms with Crippen molar-refractivity contribution in [3.8, 4) is 11.5 Å². The van der Waals surface area contributed by atoms with Gasteiger partial charge in [0.05, 0.1) is 20.1 Å². The lowest BCUT2D eigenvalue weighted by molar-refractivity contribution is -0.117. The Bertz CT molecular complexity index is 806. The first kappa shape index (κ1) is 18.6. The van der Waals surface area contributed by atoms with Crippen LogP contribution in [0.2, 0.25) is 0 Å². The van der Waals surface area contributed by atoms with Gasteiger partial charge in [-0.25, -0.2) is 4.79 Å². The van der Waals surface area contributed by atoms with Crippen LogP contribution in [0, 0.1) is 0 Å². The molecule has 0 aromatic heterocycles. The average Bonchev–Trinajstić information content (AvgIpc) is 3.06. The number of methoxy groups -OCH3 is 1. The van der Waals surface area contributed by atoms with Crippen LogP contribution >= 0.6 is 0 Å². The summed E-state index contributed by atoms with van der Waals surface area (Å²) in [7, 11) is 3.11. The number of rotatable bonds is 6. The number of benzene rings is 2. The van der Waals surface area contributed by atoms with Gasteiger partial charge in [-0.2, -0.15) is 0 Å². The van der Waals surface area contributed by atoms with Gasteiger partial charge in [0.15, 0.2) is 0 Å². The van der Waals surface area contributed by atoms with Crippen LogP contribution in [0.5, 0.6) is 11.5 Å². The van der Waals surface area contributed by atoms with Gasteiger partial charge in [-0.3, -0.25) is 4.79 Å². The molecule has 1 heterocycles. The van der Waals surface area contributed by atoms with Crippen LogP contribution in [0.4, 0.5) is 10.5 Å². The second kappa shape index (κ2) is 8.44. The predicted molar refractivity (Wildman–Crippen MR) is 100 cm³/mol. The van der Waals surface area contributed by atoms with E-state index in [0.717, 1.165) is 17.0 Å². The van der Waals surface area contributed by atoms with Crippen LogP contribution < -0.4 is 19.7 Å². The van der Waals surface area contributed by atoms with Gasteiger partial charge < -0.3 is 24.4 Å². The van der Waals surface area contributed by atoms with E-state index in [1.165, 1.54) is 7.05 Å². The van der Waals surface area contributed by atoms with Gasteiger partial charge in [-0.1, -0.05) is 12.1 Å². The molecule has 0 saturated carbocycles. The SMILES string of the molecule is CNC(=O)OC1CC(=O)N(c2ccc(OCc3cccc(OC)c3)cc2)C1. The molecule has 0 bridgehead atoms. The molecule has 3 rings (SSSR count). The highest BCUT2D eigenvalue weighted by Gasteiger charge is 2.33. The molecule has 2 aromatic carbocycles. The molecule has 0 radical (unpaired) electrons. The molecule has 7 nitrogen and oxygen atoms in total. The first-order valence-electron chi connectivity index (χ1n) is 8.63. The van der Waals surface area contributed by atoms with Crippen LogP contribution in [-0.2, 0) is 16.1 Å².